The van der Waals surface area contributed by atoms with Crippen molar-refractivity contribution in [1.29, 1.82) is 0 Å². The molecular formula is C19H17N5O3. The first-order chi connectivity index (χ1) is 12.8. The van der Waals surface area contributed by atoms with Crippen molar-refractivity contribution in [3.63, 3.8) is 0 Å². The molecule has 3 rings (SSSR count). The number of nitrogens with two attached hydrogens (primary N) is 3. The molecule has 1 heterocycles. The van der Waals surface area contributed by atoms with Gasteiger partial charge >= 0.3 is 0 Å². The minimum absolute atomic E-state index is 0.00556. The highest BCUT2D eigenvalue weighted by atomic mass is 16.3. The lowest BCUT2D eigenvalue weighted by molar-refractivity contribution is 0.0989. The number of carbonyl (C=O) groups excluding carboxylic acids is 2. The third-order valence-electron chi connectivity index (χ3n) is 4.06. The third kappa shape index (κ3) is 3.40. The predicted octanol–water partition coefficient (Wildman–Crippen LogP) is 1.60. The molecule has 0 aliphatic rings. The summed E-state index contributed by atoms with van der Waals surface area (Å²) in [5.41, 5.74) is 19.0. The summed E-state index contributed by atoms with van der Waals surface area (Å²) >= 11 is 0. The highest BCUT2D eigenvalue weighted by Crippen LogP contribution is 2.33. The van der Waals surface area contributed by atoms with E-state index in [0.29, 0.717) is 11.1 Å². The largest absolute Gasteiger partial charge is 0.508 e. The van der Waals surface area contributed by atoms with Gasteiger partial charge in [0.1, 0.15) is 5.75 Å². The molecule has 0 aliphatic heterocycles. The monoisotopic (exact) mass is 363 g/mol. The van der Waals surface area contributed by atoms with E-state index in [4.69, 9.17) is 17.2 Å². The van der Waals surface area contributed by atoms with Gasteiger partial charge in [-0.25, -0.2) is 9.97 Å². The second-order valence-corrected chi connectivity index (χ2v) is 5.97. The first-order valence-corrected chi connectivity index (χ1v) is 7.95. The van der Waals surface area contributed by atoms with Crippen LogP contribution in [0.15, 0.2) is 42.5 Å². The summed E-state index contributed by atoms with van der Waals surface area (Å²) in [7, 11) is 0. The van der Waals surface area contributed by atoms with Gasteiger partial charge in [0, 0.05) is 16.7 Å². The standard InChI is InChI=1S/C19H17N5O3/c1-9-5-6-12(25)8-13(9)15-14(20)16(18(22)27)24-19(23-15)11-4-2-3-10(7-11)17(21)26/h2-8,25H,20H2,1H3,(H2,21,26)(H2,22,27). The Morgan fingerprint density at radius 2 is 1.74 bits per heavy atom. The number of amides is 2. The van der Waals surface area contributed by atoms with Crippen molar-refractivity contribution in [2.75, 3.05) is 5.73 Å². The number of hydrogen-bond donors (Lipinski definition) is 4. The van der Waals surface area contributed by atoms with E-state index in [1.54, 1.807) is 24.3 Å². The SMILES string of the molecule is Cc1ccc(O)cc1-c1nc(-c2cccc(C(N)=O)c2)nc(C(N)=O)c1N. The van der Waals surface area contributed by atoms with Gasteiger partial charge in [0.2, 0.25) is 5.91 Å². The number of nitrogen functional groups attached to an aromatic ring is 1. The van der Waals surface area contributed by atoms with E-state index in [-0.39, 0.29) is 34.2 Å². The third-order valence-corrected chi connectivity index (χ3v) is 4.06. The number of benzene rings is 2. The van der Waals surface area contributed by atoms with Crippen molar-refractivity contribution in [3.8, 4) is 28.4 Å². The molecule has 8 nitrogen and oxygen atoms in total. The van der Waals surface area contributed by atoms with Crippen LogP contribution in [-0.4, -0.2) is 26.9 Å². The Morgan fingerprint density at radius 3 is 2.41 bits per heavy atom. The molecule has 0 saturated carbocycles. The Balaban J connectivity index is 2.30. The van der Waals surface area contributed by atoms with E-state index < -0.39 is 11.8 Å². The lowest BCUT2D eigenvalue weighted by Crippen LogP contribution is -2.18. The molecule has 8 heteroatoms. The summed E-state index contributed by atoms with van der Waals surface area (Å²) in [6.45, 7) is 1.81. The molecule has 0 unspecified atom stereocenters. The average Bonchev–Trinajstić information content (AvgIpc) is 2.64. The number of rotatable bonds is 4. The molecule has 2 amide bonds. The lowest BCUT2D eigenvalue weighted by Gasteiger charge is -2.13. The fourth-order valence-corrected chi connectivity index (χ4v) is 2.67. The molecule has 7 N–H and O–H groups in total. The number of primary amides is 2. The number of phenols is 1. The summed E-state index contributed by atoms with van der Waals surface area (Å²) in [6, 6.07) is 11.1. The van der Waals surface area contributed by atoms with Gasteiger partial charge in [0.15, 0.2) is 11.5 Å². The molecule has 0 bridgehead atoms. The molecule has 2 aromatic carbocycles. The summed E-state index contributed by atoms with van der Waals surface area (Å²) in [5, 5.41) is 9.82. The van der Waals surface area contributed by atoms with Crippen molar-refractivity contribution in [3.05, 3.63) is 59.3 Å². The summed E-state index contributed by atoms with van der Waals surface area (Å²) in [4.78, 5) is 31.9. The van der Waals surface area contributed by atoms with Crippen molar-refractivity contribution >= 4 is 17.5 Å². The van der Waals surface area contributed by atoms with E-state index in [1.165, 1.54) is 18.2 Å². The van der Waals surface area contributed by atoms with E-state index in [1.807, 2.05) is 6.92 Å². The number of carbonyl (C=O) groups is 2. The molecule has 0 radical (unpaired) electrons. The smallest absolute Gasteiger partial charge is 0.269 e. The molecule has 0 atom stereocenters. The van der Waals surface area contributed by atoms with Gasteiger partial charge in [-0.3, -0.25) is 9.59 Å². The first-order valence-electron chi connectivity index (χ1n) is 7.95. The van der Waals surface area contributed by atoms with Crippen LogP contribution in [0.25, 0.3) is 22.6 Å². The molecule has 0 spiro atoms. The van der Waals surface area contributed by atoms with Crippen LogP contribution in [0.2, 0.25) is 0 Å². The molecule has 0 aliphatic carbocycles. The number of nitrogens with zero attached hydrogens (tertiary/aromatic N) is 2. The van der Waals surface area contributed by atoms with Gasteiger partial charge in [-0.15, -0.1) is 0 Å². The van der Waals surface area contributed by atoms with Gasteiger partial charge in [-0.2, -0.15) is 0 Å². The normalized spacial score (nSPS) is 10.6. The Bertz CT molecular complexity index is 1080. The number of aromatic nitrogens is 2. The van der Waals surface area contributed by atoms with Gasteiger partial charge < -0.3 is 22.3 Å². The highest BCUT2D eigenvalue weighted by molar-refractivity contribution is 6.00. The van der Waals surface area contributed by atoms with Crippen LogP contribution in [0.3, 0.4) is 0 Å². The molecule has 27 heavy (non-hydrogen) atoms. The Morgan fingerprint density at radius 1 is 1.00 bits per heavy atom. The van der Waals surface area contributed by atoms with E-state index in [9.17, 15) is 14.7 Å². The summed E-state index contributed by atoms with van der Waals surface area (Å²) in [5.74, 6) is -1.25. The number of aromatic hydroxyl groups is 1. The lowest BCUT2D eigenvalue weighted by atomic mass is 10.0. The van der Waals surface area contributed by atoms with Crippen molar-refractivity contribution < 1.29 is 14.7 Å². The van der Waals surface area contributed by atoms with Crippen LogP contribution in [0, 0.1) is 6.92 Å². The Kier molecular flexibility index (Phi) is 4.47. The summed E-state index contributed by atoms with van der Waals surface area (Å²) in [6.07, 6.45) is 0. The zero-order valence-electron chi connectivity index (χ0n) is 14.4. The van der Waals surface area contributed by atoms with E-state index in [0.717, 1.165) is 5.56 Å². The fraction of sp³-hybridized carbons (Fsp3) is 0.0526. The Labute approximate surface area is 154 Å². The number of aryl methyl sites for hydroxylation is 1. The van der Waals surface area contributed by atoms with E-state index >= 15 is 0 Å². The maximum absolute atomic E-state index is 11.8. The van der Waals surface area contributed by atoms with Crippen LogP contribution in [-0.2, 0) is 0 Å². The predicted molar refractivity (Wildman–Crippen MR) is 101 cm³/mol. The maximum atomic E-state index is 11.8. The highest BCUT2D eigenvalue weighted by Gasteiger charge is 2.20. The minimum atomic E-state index is -0.818. The number of anilines is 1. The molecule has 136 valence electrons. The molecular weight excluding hydrogens is 346 g/mol. The molecule has 0 saturated heterocycles. The molecule has 0 fully saturated rings. The van der Waals surface area contributed by atoms with Crippen LogP contribution in [0.1, 0.15) is 26.4 Å². The van der Waals surface area contributed by atoms with E-state index in [2.05, 4.69) is 9.97 Å². The topological polar surface area (TPSA) is 158 Å². The van der Waals surface area contributed by atoms with Crippen LogP contribution in [0.5, 0.6) is 5.75 Å². The molecule has 3 aromatic rings. The van der Waals surface area contributed by atoms with Gasteiger partial charge in [-0.1, -0.05) is 18.2 Å². The van der Waals surface area contributed by atoms with Crippen molar-refractivity contribution in [1.82, 2.24) is 9.97 Å². The first kappa shape index (κ1) is 17.9. The zero-order chi connectivity index (χ0) is 19.7. The van der Waals surface area contributed by atoms with Crippen molar-refractivity contribution in [2.45, 2.75) is 6.92 Å². The quantitative estimate of drug-likeness (QED) is 0.551. The second kappa shape index (κ2) is 6.75. The van der Waals surface area contributed by atoms with Gasteiger partial charge in [0.05, 0.1) is 11.4 Å². The average molecular weight is 363 g/mol. The van der Waals surface area contributed by atoms with Crippen LogP contribution in [0.4, 0.5) is 5.69 Å². The van der Waals surface area contributed by atoms with Gasteiger partial charge in [-0.05, 0) is 36.8 Å². The number of hydrogen-bond acceptors (Lipinski definition) is 6. The van der Waals surface area contributed by atoms with Crippen molar-refractivity contribution in [2.24, 2.45) is 11.5 Å². The Hall–Kier alpha value is -3.94. The number of phenolic OH excluding ortho intramolecular Hbond substituents is 1. The fourth-order valence-electron chi connectivity index (χ4n) is 2.67. The van der Waals surface area contributed by atoms with Crippen LogP contribution >= 0.6 is 0 Å². The minimum Gasteiger partial charge on any atom is -0.508 e. The summed E-state index contributed by atoms with van der Waals surface area (Å²) < 4.78 is 0. The molecule has 1 aromatic heterocycles. The second-order valence-electron chi connectivity index (χ2n) is 5.97. The van der Waals surface area contributed by atoms with Gasteiger partial charge in [0.25, 0.3) is 5.91 Å². The maximum Gasteiger partial charge on any atom is 0.269 e. The van der Waals surface area contributed by atoms with Crippen LogP contribution < -0.4 is 17.2 Å². The zero-order valence-corrected chi connectivity index (χ0v) is 14.4.